The number of nitrogens with zero attached hydrogens (tertiary/aromatic N) is 2. The number of rotatable bonds is 7. The molecule has 0 radical (unpaired) electrons. The predicted octanol–water partition coefficient (Wildman–Crippen LogP) is 4.84. The SMILES string of the molecule is CCNC(Cc1c(Cl)c(CC)nn1CC)c1sccc1Br. The lowest BCUT2D eigenvalue weighted by molar-refractivity contribution is 0.520. The van der Waals surface area contributed by atoms with E-state index in [1.807, 2.05) is 4.68 Å². The van der Waals surface area contributed by atoms with Crippen molar-refractivity contribution < 1.29 is 0 Å². The minimum Gasteiger partial charge on any atom is -0.309 e. The van der Waals surface area contributed by atoms with Crippen molar-refractivity contribution in [3.05, 3.63) is 37.2 Å². The average molecular weight is 391 g/mol. The van der Waals surface area contributed by atoms with E-state index in [0.717, 1.165) is 46.8 Å². The number of thiophene rings is 1. The highest BCUT2D eigenvalue weighted by atomic mass is 79.9. The average Bonchev–Trinajstić information content (AvgIpc) is 3.03. The van der Waals surface area contributed by atoms with Gasteiger partial charge in [-0.15, -0.1) is 11.3 Å². The molecule has 1 N–H and O–H groups in total. The highest BCUT2D eigenvalue weighted by Gasteiger charge is 2.21. The molecule has 0 aliphatic heterocycles. The van der Waals surface area contributed by atoms with Gasteiger partial charge in [-0.2, -0.15) is 5.10 Å². The Kier molecular flexibility index (Phi) is 6.29. The number of nitrogens with one attached hydrogen (secondary N) is 1. The molecule has 1 unspecified atom stereocenters. The Hall–Kier alpha value is -0.360. The first-order valence-corrected chi connectivity index (χ1v) is 9.37. The molecule has 2 rings (SSSR count). The third-order valence-corrected chi connectivity index (χ3v) is 5.92. The normalized spacial score (nSPS) is 12.8. The fourth-order valence-corrected chi connectivity index (χ4v) is 4.54. The fraction of sp³-hybridized carbons (Fsp3) is 0.533. The Morgan fingerprint density at radius 2 is 2.19 bits per heavy atom. The second kappa shape index (κ2) is 7.77. The molecule has 2 aromatic rings. The van der Waals surface area contributed by atoms with Gasteiger partial charge in [-0.25, -0.2) is 0 Å². The summed E-state index contributed by atoms with van der Waals surface area (Å²) in [5.74, 6) is 0. The minimum absolute atomic E-state index is 0.258. The van der Waals surface area contributed by atoms with Crippen LogP contribution in [0.3, 0.4) is 0 Å². The highest BCUT2D eigenvalue weighted by molar-refractivity contribution is 9.10. The summed E-state index contributed by atoms with van der Waals surface area (Å²) < 4.78 is 3.19. The van der Waals surface area contributed by atoms with Crippen molar-refractivity contribution >= 4 is 38.9 Å². The lowest BCUT2D eigenvalue weighted by Gasteiger charge is -2.18. The molecule has 0 spiro atoms. The van der Waals surface area contributed by atoms with Crippen molar-refractivity contribution in [2.75, 3.05) is 6.54 Å². The fourth-order valence-electron chi connectivity index (χ4n) is 2.46. The third-order valence-electron chi connectivity index (χ3n) is 3.50. The molecule has 0 aliphatic rings. The summed E-state index contributed by atoms with van der Waals surface area (Å²) in [6.45, 7) is 8.10. The van der Waals surface area contributed by atoms with Gasteiger partial charge < -0.3 is 5.32 Å². The molecule has 0 saturated heterocycles. The Labute approximate surface area is 143 Å². The topological polar surface area (TPSA) is 29.9 Å². The molecule has 0 bridgehead atoms. The summed E-state index contributed by atoms with van der Waals surface area (Å²) in [6, 6.07) is 2.36. The second-order valence-electron chi connectivity index (χ2n) is 4.82. The number of hydrogen-bond acceptors (Lipinski definition) is 3. The van der Waals surface area contributed by atoms with Gasteiger partial charge >= 0.3 is 0 Å². The maximum absolute atomic E-state index is 6.53. The van der Waals surface area contributed by atoms with Crippen LogP contribution in [0.25, 0.3) is 0 Å². The van der Waals surface area contributed by atoms with Gasteiger partial charge in [0.25, 0.3) is 0 Å². The van der Waals surface area contributed by atoms with Gasteiger partial charge in [0.2, 0.25) is 0 Å². The van der Waals surface area contributed by atoms with Crippen molar-refractivity contribution in [3.8, 4) is 0 Å². The van der Waals surface area contributed by atoms with E-state index in [1.54, 1.807) is 11.3 Å². The van der Waals surface area contributed by atoms with Crippen LogP contribution in [0.15, 0.2) is 15.9 Å². The zero-order valence-corrected chi connectivity index (χ0v) is 15.8. The second-order valence-corrected chi connectivity index (χ2v) is 7.00. The first-order valence-electron chi connectivity index (χ1n) is 7.32. The molecule has 116 valence electrons. The highest BCUT2D eigenvalue weighted by Crippen LogP contribution is 2.33. The summed E-state index contributed by atoms with van der Waals surface area (Å²) in [6.07, 6.45) is 1.72. The molecular formula is C15H21BrClN3S. The number of hydrogen-bond donors (Lipinski definition) is 1. The first kappa shape index (κ1) is 17.0. The molecule has 6 heteroatoms. The molecular weight excluding hydrogens is 370 g/mol. The molecule has 0 fully saturated rings. The molecule has 2 heterocycles. The third kappa shape index (κ3) is 3.70. The van der Waals surface area contributed by atoms with E-state index in [0.29, 0.717) is 0 Å². The number of halogens is 2. The molecule has 0 aliphatic carbocycles. The van der Waals surface area contributed by atoms with E-state index in [9.17, 15) is 0 Å². The molecule has 0 amide bonds. The van der Waals surface area contributed by atoms with E-state index in [2.05, 4.69) is 58.6 Å². The van der Waals surface area contributed by atoms with E-state index in [1.165, 1.54) is 4.88 Å². The molecule has 0 aromatic carbocycles. The van der Waals surface area contributed by atoms with Crippen molar-refractivity contribution in [2.24, 2.45) is 0 Å². The lowest BCUT2D eigenvalue weighted by Crippen LogP contribution is -2.23. The zero-order valence-electron chi connectivity index (χ0n) is 12.6. The summed E-state index contributed by atoms with van der Waals surface area (Å²) in [4.78, 5) is 1.31. The predicted molar refractivity (Wildman–Crippen MR) is 94.4 cm³/mol. The van der Waals surface area contributed by atoms with Crippen LogP contribution >= 0.6 is 38.9 Å². The van der Waals surface area contributed by atoms with E-state index in [-0.39, 0.29) is 6.04 Å². The van der Waals surface area contributed by atoms with Gasteiger partial charge in [0.15, 0.2) is 0 Å². The number of likely N-dealkylation sites (N-methyl/N-ethyl adjacent to an activating group) is 1. The Morgan fingerprint density at radius 3 is 2.71 bits per heavy atom. The van der Waals surface area contributed by atoms with Gasteiger partial charge in [0.1, 0.15) is 0 Å². The summed E-state index contributed by atoms with van der Waals surface area (Å²) in [5, 5.41) is 11.1. The van der Waals surface area contributed by atoms with Gasteiger partial charge in [-0.1, -0.05) is 25.4 Å². The first-order chi connectivity index (χ1) is 10.1. The van der Waals surface area contributed by atoms with Gasteiger partial charge in [0, 0.05) is 28.4 Å². The molecule has 1 atom stereocenters. The lowest BCUT2D eigenvalue weighted by atomic mass is 10.1. The smallest absolute Gasteiger partial charge is 0.0850 e. The Morgan fingerprint density at radius 1 is 1.43 bits per heavy atom. The van der Waals surface area contributed by atoms with E-state index in [4.69, 9.17) is 11.6 Å². The van der Waals surface area contributed by atoms with Gasteiger partial charge in [-0.05, 0) is 47.3 Å². The van der Waals surface area contributed by atoms with Gasteiger partial charge in [0.05, 0.1) is 16.4 Å². The van der Waals surface area contributed by atoms with Crippen molar-refractivity contribution in [1.29, 1.82) is 0 Å². The quantitative estimate of drug-likeness (QED) is 0.733. The monoisotopic (exact) mass is 389 g/mol. The van der Waals surface area contributed by atoms with Crippen LogP contribution < -0.4 is 5.32 Å². The molecule has 0 saturated carbocycles. The summed E-state index contributed by atoms with van der Waals surface area (Å²) in [7, 11) is 0. The maximum atomic E-state index is 6.53. The Bertz CT molecular complexity index is 594. The molecule has 2 aromatic heterocycles. The summed E-state index contributed by atoms with van der Waals surface area (Å²) in [5.41, 5.74) is 2.12. The van der Waals surface area contributed by atoms with Crippen LogP contribution in [0.5, 0.6) is 0 Å². The number of aromatic nitrogens is 2. The minimum atomic E-state index is 0.258. The Balaban J connectivity index is 2.33. The maximum Gasteiger partial charge on any atom is 0.0850 e. The zero-order chi connectivity index (χ0) is 15.4. The largest absolute Gasteiger partial charge is 0.309 e. The summed E-state index contributed by atoms with van der Waals surface area (Å²) >= 11 is 11.9. The van der Waals surface area contributed by atoms with E-state index >= 15 is 0 Å². The van der Waals surface area contributed by atoms with E-state index < -0.39 is 0 Å². The van der Waals surface area contributed by atoms with Crippen LogP contribution in [-0.4, -0.2) is 16.3 Å². The van der Waals surface area contributed by atoms with Crippen molar-refractivity contribution in [2.45, 2.75) is 46.2 Å². The van der Waals surface area contributed by atoms with Gasteiger partial charge in [-0.3, -0.25) is 4.68 Å². The van der Waals surface area contributed by atoms with Crippen LogP contribution in [-0.2, 0) is 19.4 Å². The number of aryl methyl sites for hydroxylation is 2. The van der Waals surface area contributed by atoms with Crippen LogP contribution in [0.2, 0.25) is 5.02 Å². The van der Waals surface area contributed by atoms with Crippen LogP contribution in [0, 0.1) is 0 Å². The molecule has 21 heavy (non-hydrogen) atoms. The van der Waals surface area contributed by atoms with Crippen molar-refractivity contribution in [3.63, 3.8) is 0 Å². The standard InChI is InChI=1S/C15H21BrClN3S/c1-4-11-14(17)13(20(6-3)19-11)9-12(18-5-2)15-10(16)7-8-21-15/h7-8,12,18H,4-6,9H2,1-3H3. The van der Waals surface area contributed by atoms with Crippen molar-refractivity contribution in [1.82, 2.24) is 15.1 Å². The molecule has 3 nitrogen and oxygen atoms in total. The van der Waals surface area contributed by atoms with Crippen LogP contribution in [0.1, 0.15) is 43.1 Å². The van der Waals surface area contributed by atoms with Crippen LogP contribution in [0.4, 0.5) is 0 Å².